The summed E-state index contributed by atoms with van der Waals surface area (Å²) in [6.45, 7) is 0. The second-order valence-electron chi connectivity index (χ2n) is 15.9. The Morgan fingerprint density at radius 3 is 1.67 bits per heavy atom. The van der Waals surface area contributed by atoms with Crippen molar-refractivity contribution in [1.82, 2.24) is 9.13 Å². The minimum atomic E-state index is 0.755. The first kappa shape index (κ1) is 34.2. The monoisotopic (exact) mass is 765 g/mol. The Labute approximate surface area is 348 Å². The van der Waals surface area contributed by atoms with Crippen LogP contribution in [0, 0.1) is 0 Å². The molecular formula is C57H39N3. The largest absolute Gasteiger partial charge is 0.398 e. The highest BCUT2D eigenvalue weighted by Crippen LogP contribution is 2.41. The highest BCUT2D eigenvalue weighted by Gasteiger charge is 2.21. The molecule has 1 aliphatic carbocycles. The Morgan fingerprint density at radius 1 is 0.400 bits per heavy atom. The Hall–Kier alpha value is -7.88. The van der Waals surface area contributed by atoms with Crippen LogP contribution in [0.3, 0.4) is 0 Å². The van der Waals surface area contributed by atoms with Crippen molar-refractivity contribution >= 4 is 55.4 Å². The van der Waals surface area contributed by atoms with Gasteiger partial charge in [-0.3, -0.25) is 0 Å². The predicted octanol–water partition coefficient (Wildman–Crippen LogP) is 14.2. The molecule has 282 valence electrons. The van der Waals surface area contributed by atoms with Gasteiger partial charge in [0.1, 0.15) is 0 Å². The van der Waals surface area contributed by atoms with Crippen molar-refractivity contribution in [2.24, 2.45) is 5.73 Å². The van der Waals surface area contributed by atoms with E-state index in [4.69, 9.17) is 5.73 Å². The molecular weight excluding hydrogens is 727 g/mol. The van der Waals surface area contributed by atoms with Crippen LogP contribution < -0.4 is 5.73 Å². The first-order valence-electron chi connectivity index (χ1n) is 20.7. The summed E-state index contributed by atoms with van der Waals surface area (Å²) < 4.78 is 4.77. The molecule has 2 heterocycles. The first-order valence-corrected chi connectivity index (χ1v) is 20.7. The van der Waals surface area contributed by atoms with E-state index in [2.05, 4.69) is 221 Å². The van der Waals surface area contributed by atoms with Crippen molar-refractivity contribution in [3.63, 3.8) is 0 Å². The third kappa shape index (κ3) is 5.44. The number of hydrogen-bond donors (Lipinski definition) is 1. The second kappa shape index (κ2) is 13.6. The molecule has 9 aromatic carbocycles. The molecule has 0 amide bonds. The Bertz CT molecular complexity index is 3510. The number of rotatable bonds is 6. The number of hydrogen-bond acceptors (Lipinski definition) is 1. The zero-order chi connectivity index (χ0) is 39.7. The van der Waals surface area contributed by atoms with E-state index in [1.807, 2.05) is 0 Å². The minimum absolute atomic E-state index is 0.755. The van der Waals surface area contributed by atoms with Gasteiger partial charge in [-0.15, -0.1) is 0 Å². The van der Waals surface area contributed by atoms with Crippen LogP contribution in [-0.2, 0) is 6.42 Å². The molecule has 0 radical (unpaired) electrons. The van der Waals surface area contributed by atoms with Gasteiger partial charge in [0, 0.05) is 38.6 Å². The van der Waals surface area contributed by atoms with Crippen LogP contribution in [0.15, 0.2) is 206 Å². The number of nitrogens with two attached hydrogens (primary N) is 1. The van der Waals surface area contributed by atoms with E-state index in [0.717, 1.165) is 34.6 Å². The third-order valence-electron chi connectivity index (χ3n) is 12.5. The second-order valence-corrected chi connectivity index (χ2v) is 15.9. The molecule has 0 atom stereocenters. The zero-order valence-electron chi connectivity index (χ0n) is 32.9. The van der Waals surface area contributed by atoms with Gasteiger partial charge in [-0.1, -0.05) is 146 Å². The van der Waals surface area contributed by atoms with Crippen LogP contribution in [0.1, 0.15) is 22.3 Å². The average Bonchev–Trinajstić information content (AvgIpc) is 3.97. The number of benzene rings is 9. The molecule has 0 bridgehead atoms. The van der Waals surface area contributed by atoms with E-state index in [1.165, 1.54) is 88.2 Å². The molecule has 3 nitrogen and oxygen atoms in total. The van der Waals surface area contributed by atoms with Crippen molar-refractivity contribution in [3.05, 3.63) is 229 Å². The lowest BCUT2D eigenvalue weighted by Gasteiger charge is -2.12. The van der Waals surface area contributed by atoms with Gasteiger partial charge in [-0.2, -0.15) is 0 Å². The number of para-hydroxylation sites is 2. The first-order chi connectivity index (χ1) is 29.7. The maximum atomic E-state index is 6.94. The molecule has 11 aromatic rings. The predicted molar refractivity (Wildman–Crippen MR) is 253 cm³/mol. The molecule has 3 heteroatoms. The molecule has 0 unspecified atom stereocenters. The summed E-state index contributed by atoms with van der Waals surface area (Å²) in [5, 5.41) is 4.93. The van der Waals surface area contributed by atoms with Crippen molar-refractivity contribution < 1.29 is 0 Å². The number of fused-ring (bicyclic) bond motifs is 9. The van der Waals surface area contributed by atoms with Gasteiger partial charge >= 0.3 is 0 Å². The van der Waals surface area contributed by atoms with Gasteiger partial charge in [-0.05, 0) is 129 Å². The fourth-order valence-corrected chi connectivity index (χ4v) is 9.69. The van der Waals surface area contributed by atoms with Crippen LogP contribution in [0.2, 0.25) is 0 Å². The summed E-state index contributed by atoms with van der Waals surface area (Å²) in [6, 6.07) is 74.7. The quantitative estimate of drug-likeness (QED) is 0.168. The van der Waals surface area contributed by atoms with Crippen molar-refractivity contribution in [2.45, 2.75) is 6.42 Å². The lowest BCUT2D eigenvalue weighted by atomic mass is 9.99. The van der Waals surface area contributed by atoms with Crippen LogP contribution in [0.25, 0.3) is 100 Å². The number of nitrogens with zero attached hydrogens (tertiary/aromatic N) is 2. The number of aromatic nitrogens is 2. The topological polar surface area (TPSA) is 35.9 Å². The van der Waals surface area contributed by atoms with Gasteiger partial charge < -0.3 is 14.9 Å². The molecule has 0 saturated heterocycles. The SMILES string of the molecule is N/C(=C\c1cccc2c1Cc1ccccc1-2)c1cccc(-n2c3ccccc3c3cc(-c4ccc5c(c4)c4ccccc4n5-c4ccc(-c5ccccc5)cc4)ccc32)c1. The Balaban J connectivity index is 0.929. The standard InChI is InChI=1S/C57H39N3/c58-53(36-42-15-11-21-47-46-18-5-4-14-41(46)35-50(42)47)43-16-10-17-45(32-43)60-55-23-9-7-20-49(55)52-34-40(27-31-57(52)60)39-26-30-56-51(33-39)48-19-6-8-22-54(48)59(56)44-28-24-38(25-29-44)37-12-2-1-3-13-37/h1-34,36H,35,58H2/b53-36-. The minimum Gasteiger partial charge on any atom is -0.398 e. The van der Waals surface area contributed by atoms with Crippen molar-refractivity contribution in [2.75, 3.05) is 0 Å². The molecule has 60 heavy (non-hydrogen) atoms. The molecule has 2 aromatic heterocycles. The summed E-state index contributed by atoms with van der Waals surface area (Å²) in [5.74, 6) is 0. The average molecular weight is 766 g/mol. The fourth-order valence-electron chi connectivity index (χ4n) is 9.69. The molecule has 0 fully saturated rings. The van der Waals surface area contributed by atoms with E-state index >= 15 is 0 Å². The normalized spacial score (nSPS) is 12.4. The molecule has 1 aliphatic rings. The maximum Gasteiger partial charge on any atom is 0.0541 e. The van der Waals surface area contributed by atoms with Crippen LogP contribution in [0.5, 0.6) is 0 Å². The van der Waals surface area contributed by atoms with E-state index in [0.29, 0.717) is 0 Å². The lowest BCUT2D eigenvalue weighted by molar-refractivity contribution is 1.18. The van der Waals surface area contributed by atoms with E-state index in [1.54, 1.807) is 0 Å². The highest BCUT2D eigenvalue weighted by molar-refractivity contribution is 6.12. The van der Waals surface area contributed by atoms with Crippen molar-refractivity contribution in [3.8, 4) is 44.8 Å². The van der Waals surface area contributed by atoms with Crippen LogP contribution in [0.4, 0.5) is 0 Å². The van der Waals surface area contributed by atoms with Crippen LogP contribution >= 0.6 is 0 Å². The van der Waals surface area contributed by atoms with E-state index in [-0.39, 0.29) is 0 Å². The smallest absolute Gasteiger partial charge is 0.0541 e. The lowest BCUT2D eigenvalue weighted by Crippen LogP contribution is -2.00. The van der Waals surface area contributed by atoms with Gasteiger partial charge in [0.2, 0.25) is 0 Å². The summed E-state index contributed by atoms with van der Waals surface area (Å²) in [7, 11) is 0. The van der Waals surface area contributed by atoms with Crippen molar-refractivity contribution in [1.29, 1.82) is 0 Å². The van der Waals surface area contributed by atoms with Gasteiger partial charge in [0.25, 0.3) is 0 Å². The molecule has 0 spiro atoms. The fraction of sp³-hybridized carbons (Fsp3) is 0.0175. The van der Waals surface area contributed by atoms with E-state index < -0.39 is 0 Å². The highest BCUT2D eigenvalue weighted by atomic mass is 15.0. The zero-order valence-corrected chi connectivity index (χ0v) is 32.9. The molecule has 0 saturated carbocycles. The van der Waals surface area contributed by atoms with Crippen LogP contribution in [-0.4, -0.2) is 9.13 Å². The third-order valence-corrected chi connectivity index (χ3v) is 12.5. The van der Waals surface area contributed by atoms with Gasteiger partial charge in [0.05, 0.1) is 22.1 Å². The summed E-state index contributed by atoms with van der Waals surface area (Å²) >= 11 is 0. The molecule has 0 aliphatic heterocycles. The van der Waals surface area contributed by atoms with E-state index in [9.17, 15) is 0 Å². The Kier molecular flexibility index (Phi) is 7.76. The Morgan fingerprint density at radius 2 is 0.950 bits per heavy atom. The maximum absolute atomic E-state index is 6.94. The summed E-state index contributed by atoms with van der Waals surface area (Å²) in [5.41, 5.74) is 27.0. The van der Waals surface area contributed by atoms with Gasteiger partial charge in [-0.25, -0.2) is 0 Å². The summed E-state index contributed by atoms with van der Waals surface area (Å²) in [6.07, 6.45) is 3.08. The molecule has 12 rings (SSSR count). The van der Waals surface area contributed by atoms with Gasteiger partial charge in [0.15, 0.2) is 0 Å². The summed E-state index contributed by atoms with van der Waals surface area (Å²) in [4.78, 5) is 0. The molecule has 2 N–H and O–H groups in total.